The molecule has 0 spiro atoms. The molecule has 1 heterocycles. The van der Waals surface area contributed by atoms with Gasteiger partial charge in [-0.2, -0.15) is 0 Å². The molecule has 0 unspecified atom stereocenters. The van der Waals surface area contributed by atoms with Gasteiger partial charge in [-0.3, -0.25) is 0 Å². The predicted octanol–water partition coefficient (Wildman–Crippen LogP) is 3.47. The van der Waals surface area contributed by atoms with Gasteiger partial charge in [0.05, 0.1) is 6.61 Å². The maximum absolute atomic E-state index is 5.16. The topological polar surface area (TPSA) is 39.1 Å². The third kappa shape index (κ3) is 3.84. The number of hydrogen-bond acceptors (Lipinski definition) is 3. The van der Waals surface area contributed by atoms with Crippen LogP contribution < -0.4 is 5.32 Å². The van der Waals surface area contributed by atoms with Crippen LogP contribution in [0.1, 0.15) is 19.4 Å². The van der Waals surface area contributed by atoms with Crippen molar-refractivity contribution in [1.29, 1.82) is 0 Å². The van der Waals surface area contributed by atoms with Gasteiger partial charge >= 0.3 is 0 Å². The maximum Gasteiger partial charge on any atom is 0.207 e. The number of hydrogen-bond donors (Lipinski definition) is 1. The Hall–Kier alpha value is -1.81. The summed E-state index contributed by atoms with van der Waals surface area (Å²) in [6.45, 7) is 6.09. The van der Waals surface area contributed by atoms with Crippen molar-refractivity contribution in [3.63, 3.8) is 0 Å². The Morgan fingerprint density at radius 3 is 2.85 bits per heavy atom. The number of aromatic nitrogens is 2. The van der Waals surface area contributed by atoms with Crippen LogP contribution in [-0.2, 0) is 17.7 Å². The third-order valence-electron chi connectivity index (χ3n) is 3.12. The summed E-state index contributed by atoms with van der Waals surface area (Å²) >= 11 is 0. The van der Waals surface area contributed by atoms with Crippen LogP contribution >= 0.6 is 0 Å². The quantitative estimate of drug-likeness (QED) is 0.839. The predicted molar refractivity (Wildman–Crippen MR) is 82.4 cm³/mol. The molecule has 1 N–H and O–H groups in total. The molecule has 1 aromatic carbocycles. The standard InChI is InChI=1S/C16H23N3O/c1-13(2)12-19-10-9-17-16(19)18-15-7-5-4-6-14(15)8-11-20-3/h4-7,9-10,13H,8,11-12H2,1-3H3,(H,17,18). The van der Waals surface area contributed by atoms with Crippen LogP contribution in [0.15, 0.2) is 36.7 Å². The average Bonchev–Trinajstić information content (AvgIpc) is 2.84. The summed E-state index contributed by atoms with van der Waals surface area (Å²) < 4.78 is 7.31. The van der Waals surface area contributed by atoms with E-state index in [-0.39, 0.29) is 0 Å². The van der Waals surface area contributed by atoms with Crippen LogP contribution in [0.4, 0.5) is 11.6 Å². The molecule has 0 amide bonds. The molecule has 0 saturated carbocycles. The van der Waals surface area contributed by atoms with E-state index in [1.54, 1.807) is 7.11 Å². The molecule has 108 valence electrons. The molecule has 0 aliphatic rings. The van der Waals surface area contributed by atoms with Gasteiger partial charge in [-0.1, -0.05) is 32.0 Å². The molecule has 20 heavy (non-hydrogen) atoms. The summed E-state index contributed by atoms with van der Waals surface area (Å²) in [5.41, 5.74) is 2.34. The van der Waals surface area contributed by atoms with Gasteiger partial charge in [0.15, 0.2) is 0 Å². The Balaban J connectivity index is 2.15. The largest absolute Gasteiger partial charge is 0.384 e. The highest BCUT2D eigenvalue weighted by Gasteiger charge is 2.07. The fraction of sp³-hybridized carbons (Fsp3) is 0.438. The van der Waals surface area contributed by atoms with Crippen molar-refractivity contribution in [3.8, 4) is 0 Å². The van der Waals surface area contributed by atoms with E-state index in [1.807, 2.05) is 18.5 Å². The molecular weight excluding hydrogens is 250 g/mol. The van der Waals surface area contributed by atoms with Gasteiger partial charge in [0, 0.05) is 31.7 Å². The molecule has 1 aromatic heterocycles. The normalized spacial score (nSPS) is 11.0. The first-order valence-corrected chi connectivity index (χ1v) is 7.05. The number of benzene rings is 1. The van der Waals surface area contributed by atoms with E-state index in [0.717, 1.165) is 31.2 Å². The number of methoxy groups -OCH3 is 1. The molecule has 0 atom stereocenters. The van der Waals surface area contributed by atoms with Crippen LogP contribution in [-0.4, -0.2) is 23.3 Å². The van der Waals surface area contributed by atoms with Crippen molar-refractivity contribution in [2.45, 2.75) is 26.8 Å². The first kappa shape index (κ1) is 14.6. The molecule has 2 rings (SSSR count). The highest BCUT2D eigenvalue weighted by Crippen LogP contribution is 2.21. The summed E-state index contributed by atoms with van der Waals surface area (Å²) in [7, 11) is 1.73. The Labute approximate surface area is 120 Å². The highest BCUT2D eigenvalue weighted by molar-refractivity contribution is 5.58. The minimum Gasteiger partial charge on any atom is -0.384 e. The van der Waals surface area contributed by atoms with Crippen LogP contribution in [0.3, 0.4) is 0 Å². The molecule has 2 aromatic rings. The molecule has 0 fully saturated rings. The number of nitrogens with one attached hydrogen (secondary N) is 1. The van der Waals surface area contributed by atoms with Crippen molar-refractivity contribution in [3.05, 3.63) is 42.2 Å². The van der Waals surface area contributed by atoms with E-state index in [9.17, 15) is 0 Å². The first-order valence-electron chi connectivity index (χ1n) is 7.05. The number of ether oxygens (including phenoxy) is 1. The van der Waals surface area contributed by atoms with E-state index in [2.05, 4.69) is 46.9 Å². The van der Waals surface area contributed by atoms with Gasteiger partial charge in [0.1, 0.15) is 0 Å². The van der Waals surface area contributed by atoms with Crippen LogP contribution in [0.5, 0.6) is 0 Å². The zero-order valence-electron chi connectivity index (χ0n) is 12.5. The van der Waals surface area contributed by atoms with Crippen molar-refractivity contribution < 1.29 is 4.74 Å². The van der Waals surface area contributed by atoms with Gasteiger partial charge in [0.2, 0.25) is 5.95 Å². The third-order valence-corrected chi connectivity index (χ3v) is 3.12. The van der Waals surface area contributed by atoms with E-state index in [0.29, 0.717) is 5.92 Å². The molecule has 0 aliphatic carbocycles. The first-order chi connectivity index (χ1) is 9.70. The van der Waals surface area contributed by atoms with Crippen LogP contribution in [0, 0.1) is 5.92 Å². The average molecular weight is 273 g/mol. The van der Waals surface area contributed by atoms with Gasteiger partial charge in [-0.15, -0.1) is 0 Å². The number of anilines is 2. The fourth-order valence-corrected chi connectivity index (χ4v) is 2.17. The molecular formula is C16H23N3O. The molecule has 0 bridgehead atoms. The monoisotopic (exact) mass is 273 g/mol. The van der Waals surface area contributed by atoms with E-state index in [4.69, 9.17) is 4.74 Å². The highest BCUT2D eigenvalue weighted by atomic mass is 16.5. The lowest BCUT2D eigenvalue weighted by molar-refractivity contribution is 0.202. The second-order valence-electron chi connectivity index (χ2n) is 5.32. The zero-order valence-corrected chi connectivity index (χ0v) is 12.5. The molecule has 0 saturated heterocycles. The number of imidazole rings is 1. The molecule has 4 nitrogen and oxygen atoms in total. The SMILES string of the molecule is COCCc1ccccc1Nc1nccn1CC(C)C. The van der Waals surface area contributed by atoms with Crippen molar-refractivity contribution in [1.82, 2.24) is 9.55 Å². The Bertz CT molecular complexity index is 534. The molecule has 4 heteroatoms. The van der Waals surface area contributed by atoms with Crippen LogP contribution in [0.25, 0.3) is 0 Å². The van der Waals surface area contributed by atoms with Gasteiger partial charge < -0.3 is 14.6 Å². The lowest BCUT2D eigenvalue weighted by atomic mass is 10.1. The summed E-state index contributed by atoms with van der Waals surface area (Å²) in [5, 5.41) is 3.43. The summed E-state index contributed by atoms with van der Waals surface area (Å²) in [6, 6.07) is 8.29. The lowest BCUT2D eigenvalue weighted by Gasteiger charge is -2.14. The Morgan fingerprint density at radius 1 is 1.30 bits per heavy atom. The second-order valence-corrected chi connectivity index (χ2v) is 5.32. The van der Waals surface area contributed by atoms with Gasteiger partial charge in [0.25, 0.3) is 0 Å². The number of nitrogens with zero attached hydrogens (tertiary/aromatic N) is 2. The van der Waals surface area contributed by atoms with Crippen LogP contribution in [0.2, 0.25) is 0 Å². The van der Waals surface area contributed by atoms with E-state index >= 15 is 0 Å². The van der Waals surface area contributed by atoms with Crippen molar-refractivity contribution >= 4 is 11.6 Å². The van der Waals surface area contributed by atoms with Crippen molar-refractivity contribution in [2.75, 3.05) is 19.0 Å². The summed E-state index contributed by atoms with van der Waals surface area (Å²) in [5.74, 6) is 1.48. The maximum atomic E-state index is 5.16. The lowest BCUT2D eigenvalue weighted by Crippen LogP contribution is -2.08. The minimum absolute atomic E-state index is 0.591. The number of para-hydroxylation sites is 1. The van der Waals surface area contributed by atoms with Gasteiger partial charge in [-0.25, -0.2) is 4.98 Å². The van der Waals surface area contributed by atoms with Crippen molar-refractivity contribution in [2.24, 2.45) is 5.92 Å². The Morgan fingerprint density at radius 2 is 2.10 bits per heavy atom. The summed E-state index contributed by atoms with van der Waals surface area (Å²) in [4.78, 5) is 4.41. The number of rotatable bonds is 7. The zero-order chi connectivity index (χ0) is 14.4. The smallest absolute Gasteiger partial charge is 0.207 e. The van der Waals surface area contributed by atoms with E-state index < -0.39 is 0 Å². The minimum atomic E-state index is 0.591. The van der Waals surface area contributed by atoms with E-state index in [1.165, 1.54) is 5.56 Å². The summed E-state index contributed by atoms with van der Waals surface area (Å²) in [6.07, 6.45) is 4.74. The molecule has 0 radical (unpaired) electrons. The fourth-order valence-electron chi connectivity index (χ4n) is 2.17. The molecule has 0 aliphatic heterocycles. The van der Waals surface area contributed by atoms with Gasteiger partial charge in [-0.05, 0) is 24.0 Å². The second kappa shape index (κ2) is 7.10. The Kier molecular flexibility index (Phi) is 5.18.